The van der Waals surface area contributed by atoms with Crippen LogP contribution in [0.2, 0.25) is 0 Å². The molecule has 0 radical (unpaired) electrons. The monoisotopic (exact) mass is 300 g/mol. The second kappa shape index (κ2) is 4.25. The third-order valence-corrected chi connectivity index (χ3v) is 3.55. The number of aromatic nitrogens is 2. The van der Waals surface area contributed by atoms with Gasteiger partial charge in [-0.2, -0.15) is 0 Å². The third-order valence-electron chi connectivity index (χ3n) is 3.06. The van der Waals surface area contributed by atoms with Crippen molar-refractivity contribution in [3.05, 3.63) is 58.3 Å². The number of hydrogen-bond donors (Lipinski definition) is 0. The summed E-state index contributed by atoms with van der Waals surface area (Å²) in [5.74, 6) is 0. The predicted octanol–water partition coefficient (Wildman–Crippen LogP) is 4.38. The van der Waals surface area contributed by atoms with E-state index >= 15 is 0 Å². The Hall–Kier alpha value is -1.61. The van der Waals surface area contributed by atoms with E-state index in [-0.39, 0.29) is 0 Å². The Balaban J connectivity index is 2.31. The van der Waals surface area contributed by atoms with Crippen molar-refractivity contribution in [2.24, 2.45) is 0 Å². The van der Waals surface area contributed by atoms with Crippen molar-refractivity contribution in [2.75, 3.05) is 0 Å². The normalized spacial score (nSPS) is 11.1. The highest BCUT2D eigenvalue weighted by molar-refractivity contribution is 9.10. The van der Waals surface area contributed by atoms with Gasteiger partial charge < -0.3 is 0 Å². The summed E-state index contributed by atoms with van der Waals surface area (Å²) in [5.41, 5.74) is 5.75. The van der Waals surface area contributed by atoms with Crippen LogP contribution in [0.3, 0.4) is 0 Å². The summed E-state index contributed by atoms with van der Waals surface area (Å²) in [7, 11) is 0. The Kier molecular flexibility index (Phi) is 2.71. The first kappa shape index (κ1) is 11.5. The van der Waals surface area contributed by atoms with Gasteiger partial charge in [0.05, 0.1) is 11.9 Å². The predicted molar refractivity (Wildman–Crippen MR) is 77.8 cm³/mol. The van der Waals surface area contributed by atoms with Gasteiger partial charge in [0, 0.05) is 15.7 Å². The SMILES string of the molecule is Cc1cc(C)n2c(-c3cccc(Br)c3)cnc2c1. The Morgan fingerprint density at radius 1 is 1.11 bits per heavy atom. The van der Waals surface area contributed by atoms with Gasteiger partial charge >= 0.3 is 0 Å². The maximum absolute atomic E-state index is 4.49. The molecule has 0 bridgehead atoms. The minimum atomic E-state index is 1.00. The van der Waals surface area contributed by atoms with E-state index in [1.54, 1.807) is 0 Å². The van der Waals surface area contributed by atoms with E-state index in [2.05, 4.69) is 63.4 Å². The summed E-state index contributed by atoms with van der Waals surface area (Å²) in [6.45, 7) is 4.21. The molecule has 18 heavy (non-hydrogen) atoms. The molecule has 2 nitrogen and oxygen atoms in total. The van der Waals surface area contributed by atoms with Crippen molar-refractivity contribution < 1.29 is 0 Å². The second-order valence-electron chi connectivity index (χ2n) is 4.52. The van der Waals surface area contributed by atoms with Gasteiger partial charge in [0.15, 0.2) is 0 Å². The fourth-order valence-electron chi connectivity index (χ4n) is 2.33. The molecule has 3 rings (SSSR count). The average Bonchev–Trinajstić information content (AvgIpc) is 2.72. The van der Waals surface area contributed by atoms with E-state index in [0.29, 0.717) is 0 Å². The van der Waals surface area contributed by atoms with Gasteiger partial charge in [-0.15, -0.1) is 0 Å². The summed E-state index contributed by atoms with van der Waals surface area (Å²) in [5, 5.41) is 0. The molecular weight excluding hydrogens is 288 g/mol. The molecule has 90 valence electrons. The molecule has 0 fully saturated rings. The number of benzene rings is 1. The Morgan fingerprint density at radius 2 is 1.94 bits per heavy atom. The van der Waals surface area contributed by atoms with Crippen LogP contribution in [0.1, 0.15) is 11.3 Å². The molecule has 2 heterocycles. The molecule has 3 heteroatoms. The van der Waals surface area contributed by atoms with E-state index < -0.39 is 0 Å². The quantitative estimate of drug-likeness (QED) is 0.652. The fourth-order valence-corrected chi connectivity index (χ4v) is 2.73. The van der Waals surface area contributed by atoms with E-state index in [0.717, 1.165) is 15.8 Å². The summed E-state index contributed by atoms with van der Waals surface area (Å²) < 4.78 is 3.27. The number of pyridine rings is 1. The molecule has 0 saturated carbocycles. The molecule has 0 amide bonds. The van der Waals surface area contributed by atoms with Gasteiger partial charge in [-0.3, -0.25) is 4.40 Å². The smallest absolute Gasteiger partial charge is 0.137 e. The first-order valence-electron chi connectivity index (χ1n) is 5.86. The number of fused-ring (bicyclic) bond motifs is 1. The van der Waals surface area contributed by atoms with Crippen LogP contribution in [0.15, 0.2) is 47.1 Å². The van der Waals surface area contributed by atoms with E-state index in [1.807, 2.05) is 18.3 Å². The molecular formula is C15H13BrN2. The lowest BCUT2D eigenvalue weighted by molar-refractivity contribution is 1.09. The number of nitrogens with zero attached hydrogens (tertiary/aromatic N) is 2. The third kappa shape index (κ3) is 1.85. The molecule has 0 aliphatic heterocycles. The number of hydrogen-bond acceptors (Lipinski definition) is 1. The minimum absolute atomic E-state index is 1.00. The molecule has 0 unspecified atom stereocenters. The maximum Gasteiger partial charge on any atom is 0.137 e. The lowest BCUT2D eigenvalue weighted by Gasteiger charge is -2.07. The number of aryl methyl sites for hydroxylation is 2. The van der Waals surface area contributed by atoms with Gasteiger partial charge in [-0.1, -0.05) is 28.1 Å². The van der Waals surface area contributed by atoms with Gasteiger partial charge in [-0.05, 0) is 43.7 Å². The Bertz CT molecular complexity index is 728. The highest BCUT2D eigenvalue weighted by Crippen LogP contribution is 2.25. The highest BCUT2D eigenvalue weighted by atomic mass is 79.9. The topological polar surface area (TPSA) is 17.3 Å². The van der Waals surface area contributed by atoms with Crippen molar-refractivity contribution in [1.29, 1.82) is 0 Å². The molecule has 0 saturated heterocycles. The van der Waals surface area contributed by atoms with Crippen molar-refractivity contribution in [3.63, 3.8) is 0 Å². The summed E-state index contributed by atoms with van der Waals surface area (Å²) in [6.07, 6.45) is 1.93. The van der Waals surface area contributed by atoms with E-state index in [9.17, 15) is 0 Å². The molecule has 0 spiro atoms. The van der Waals surface area contributed by atoms with Crippen LogP contribution in [-0.2, 0) is 0 Å². The van der Waals surface area contributed by atoms with Crippen LogP contribution in [-0.4, -0.2) is 9.38 Å². The molecule has 0 atom stereocenters. The van der Waals surface area contributed by atoms with Gasteiger partial charge in [-0.25, -0.2) is 4.98 Å². The zero-order chi connectivity index (χ0) is 12.7. The lowest BCUT2D eigenvalue weighted by atomic mass is 10.1. The summed E-state index contributed by atoms with van der Waals surface area (Å²) in [6, 6.07) is 12.6. The molecule has 2 aromatic heterocycles. The number of imidazole rings is 1. The summed E-state index contributed by atoms with van der Waals surface area (Å²) >= 11 is 3.51. The van der Waals surface area contributed by atoms with E-state index in [4.69, 9.17) is 0 Å². The number of halogens is 1. The van der Waals surface area contributed by atoms with E-state index in [1.165, 1.54) is 16.8 Å². The largest absolute Gasteiger partial charge is 0.297 e. The average molecular weight is 301 g/mol. The maximum atomic E-state index is 4.49. The summed E-state index contributed by atoms with van der Waals surface area (Å²) in [4.78, 5) is 4.49. The van der Waals surface area contributed by atoms with Gasteiger partial charge in [0.2, 0.25) is 0 Å². The molecule has 0 aliphatic carbocycles. The second-order valence-corrected chi connectivity index (χ2v) is 5.44. The standard InChI is InChI=1S/C15H13BrN2/c1-10-6-11(2)18-14(9-17-15(18)7-10)12-4-3-5-13(16)8-12/h3-9H,1-2H3. The zero-order valence-electron chi connectivity index (χ0n) is 10.3. The van der Waals surface area contributed by atoms with Crippen LogP contribution < -0.4 is 0 Å². The van der Waals surface area contributed by atoms with Crippen molar-refractivity contribution in [2.45, 2.75) is 13.8 Å². The molecule has 1 aromatic carbocycles. The first-order valence-corrected chi connectivity index (χ1v) is 6.65. The molecule has 0 aliphatic rings. The van der Waals surface area contributed by atoms with Crippen molar-refractivity contribution in [3.8, 4) is 11.3 Å². The number of rotatable bonds is 1. The Morgan fingerprint density at radius 3 is 2.72 bits per heavy atom. The first-order chi connectivity index (χ1) is 8.65. The fraction of sp³-hybridized carbons (Fsp3) is 0.133. The highest BCUT2D eigenvalue weighted by Gasteiger charge is 2.08. The lowest BCUT2D eigenvalue weighted by Crippen LogP contribution is -1.94. The zero-order valence-corrected chi connectivity index (χ0v) is 11.9. The van der Waals surface area contributed by atoms with Crippen LogP contribution in [0.25, 0.3) is 16.9 Å². The molecule has 0 N–H and O–H groups in total. The van der Waals surface area contributed by atoms with Crippen molar-refractivity contribution >= 4 is 21.6 Å². The van der Waals surface area contributed by atoms with Crippen LogP contribution in [0.5, 0.6) is 0 Å². The minimum Gasteiger partial charge on any atom is -0.297 e. The van der Waals surface area contributed by atoms with Gasteiger partial charge in [0.1, 0.15) is 5.65 Å². The Labute approximate surface area is 114 Å². The van der Waals surface area contributed by atoms with Crippen LogP contribution >= 0.6 is 15.9 Å². The van der Waals surface area contributed by atoms with Crippen LogP contribution in [0, 0.1) is 13.8 Å². The van der Waals surface area contributed by atoms with Gasteiger partial charge in [0.25, 0.3) is 0 Å². The molecule has 3 aromatic rings. The van der Waals surface area contributed by atoms with Crippen LogP contribution in [0.4, 0.5) is 0 Å². The van der Waals surface area contributed by atoms with Crippen molar-refractivity contribution in [1.82, 2.24) is 9.38 Å².